The lowest BCUT2D eigenvalue weighted by Gasteiger charge is -2.29. The molecule has 0 aromatic carbocycles. The largest absolute Gasteiger partial charge is 0.480 e. The van der Waals surface area contributed by atoms with Crippen LogP contribution in [0, 0.1) is 5.41 Å². The third-order valence-electron chi connectivity index (χ3n) is 2.90. The van der Waals surface area contributed by atoms with E-state index >= 15 is 0 Å². The Hall–Kier alpha value is -1.06. The van der Waals surface area contributed by atoms with Gasteiger partial charge in [0.2, 0.25) is 5.91 Å². The number of carboxylic acid groups (broad SMARTS) is 1. The van der Waals surface area contributed by atoms with Gasteiger partial charge in [0, 0.05) is 5.41 Å². The van der Waals surface area contributed by atoms with Crippen molar-refractivity contribution in [2.75, 3.05) is 0 Å². The average Bonchev–Trinajstić information content (AvgIpc) is 2.52. The van der Waals surface area contributed by atoms with E-state index in [0.717, 1.165) is 12.8 Å². The minimum atomic E-state index is -1.01. The van der Waals surface area contributed by atoms with Crippen molar-refractivity contribution in [3.05, 3.63) is 0 Å². The molecule has 4 nitrogen and oxygen atoms in total. The van der Waals surface area contributed by atoms with E-state index in [4.69, 9.17) is 5.11 Å². The van der Waals surface area contributed by atoms with Crippen molar-refractivity contribution in [1.29, 1.82) is 0 Å². The standard InChI is InChI=1S/C11H19NO3/c1-10(2,3)8(13)12-11(9(14)15)6-4-5-7-11/h4-7H2,1-3H3,(H,12,13)(H,14,15). The minimum Gasteiger partial charge on any atom is -0.480 e. The summed E-state index contributed by atoms with van der Waals surface area (Å²) in [5, 5.41) is 11.9. The molecule has 0 atom stereocenters. The Kier molecular flexibility index (Phi) is 3.07. The molecule has 0 bridgehead atoms. The summed E-state index contributed by atoms with van der Waals surface area (Å²) >= 11 is 0. The van der Waals surface area contributed by atoms with Gasteiger partial charge in [-0.2, -0.15) is 0 Å². The molecule has 1 saturated carbocycles. The number of hydrogen-bond donors (Lipinski definition) is 2. The number of hydrogen-bond acceptors (Lipinski definition) is 2. The Bertz CT molecular complexity index is 272. The smallest absolute Gasteiger partial charge is 0.329 e. The zero-order chi connectivity index (χ0) is 11.7. The Morgan fingerprint density at radius 2 is 1.67 bits per heavy atom. The first-order valence-electron chi connectivity index (χ1n) is 5.34. The number of carbonyl (C=O) groups excluding carboxylic acids is 1. The molecule has 1 rings (SSSR count). The Labute approximate surface area is 90.0 Å². The number of aliphatic carboxylic acids is 1. The van der Waals surface area contributed by atoms with Crippen LogP contribution in [0.4, 0.5) is 0 Å². The molecule has 0 aromatic rings. The van der Waals surface area contributed by atoms with Gasteiger partial charge in [-0.1, -0.05) is 33.6 Å². The summed E-state index contributed by atoms with van der Waals surface area (Å²) in [7, 11) is 0. The molecule has 1 aliphatic rings. The monoisotopic (exact) mass is 213 g/mol. The number of nitrogens with one attached hydrogen (secondary N) is 1. The molecule has 0 heterocycles. The van der Waals surface area contributed by atoms with Gasteiger partial charge in [0.1, 0.15) is 5.54 Å². The lowest BCUT2D eigenvalue weighted by Crippen LogP contribution is -2.55. The SMILES string of the molecule is CC(C)(C)C(=O)NC1(C(=O)O)CCCC1. The number of carbonyl (C=O) groups is 2. The second kappa shape index (κ2) is 3.83. The molecule has 0 aromatic heterocycles. The van der Waals surface area contributed by atoms with E-state index in [1.807, 2.05) is 0 Å². The van der Waals surface area contributed by atoms with Crippen LogP contribution >= 0.6 is 0 Å². The molecule has 2 N–H and O–H groups in total. The summed E-state index contributed by atoms with van der Waals surface area (Å²) in [6.45, 7) is 5.35. The maximum Gasteiger partial charge on any atom is 0.329 e. The van der Waals surface area contributed by atoms with Gasteiger partial charge in [0.15, 0.2) is 0 Å². The highest BCUT2D eigenvalue weighted by atomic mass is 16.4. The molecule has 1 fully saturated rings. The molecular formula is C11H19NO3. The molecule has 0 aliphatic heterocycles. The summed E-state index contributed by atoms with van der Waals surface area (Å²) < 4.78 is 0. The fourth-order valence-electron chi connectivity index (χ4n) is 1.78. The van der Waals surface area contributed by atoms with Crippen LogP contribution in [-0.4, -0.2) is 22.5 Å². The quantitative estimate of drug-likeness (QED) is 0.731. The topological polar surface area (TPSA) is 66.4 Å². The molecule has 4 heteroatoms. The van der Waals surface area contributed by atoms with E-state index in [1.54, 1.807) is 20.8 Å². The van der Waals surface area contributed by atoms with E-state index in [2.05, 4.69) is 5.32 Å². The molecule has 0 unspecified atom stereocenters. The second-order valence-electron chi connectivity index (χ2n) is 5.30. The van der Waals surface area contributed by atoms with E-state index < -0.39 is 16.9 Å². The van der Waals surface area contributed by atoms with Crippen molar-refractivity contribution in [2.45, 2.75) is 52.0 Å². The van der Waals surface area contributed by atoms with Gasteiger partial charge in [0.25, 0.3) is 0 Å². The van der Waals surface area contributed by atoms with Crippen LogP contribution in [0.1, 0.15) is 46.5 Å². The predicted octanol–water partition coefficient (Wildman–Crippen LogP) is 1.55. The molecular weight excluding hydrogens is 194 g/mol. The lowest BCUT2D eigenvalue weighted by atomic mass is 9.91. The Morgan fingerprint density at radius 3 is 2.00 bits per heavy atom. The third-order valence-corrected chi connectivity index (χ3v) is 2.90. The van der Waals surface area contributed by atoms with Crippen molar-refractivity contribution in [1.82, 2.24) is 5.32 Å². The van der Waals surface area contributed by atoms with Gasteiger partial charge in [-0.25, -0.2) is 4.79 Å². The molecule has 0 radical (unpaired) electrons. The van der Waals surface area contributed by atoms with E-state index in [-0.39, 0.29) is 5.91 Å². The maximum atomic E-state index is 11.8. The van der Waals surface area contributed by atoms with Gasteiger partial charge in [-0.05, 0) is 12.8 Å². The molecule has 1 amide bonds. The predicted molar refractivity (Wildman–Crippen MR) is 56.4 cm³/mol. The summed E-state index contributed by atoms with van der Waals surface area (Å²) in [4.78, 5) is 22.9. The van der Waals surface area contributed by atoms with E-state index in [0.29, 0.717) is 12.8 Å². The lowest BCUT2D eigenvalue weighted by molar-refractivity contribution is -0.148. The van der Waals surface area contributed by atoms with Crippen LogP contribution in [0.2, 0.25) is 0 Å². The van der Waals surface area contributed by atoms with Gasteiger partial charge >= 0.3 is 5.97 Å². The second-order valence-corrected chi connectivity index (χ2v) is 5.30. The molecule has 86 valence electrons. The number of amides is 1. The van der Waals surface area contributed by atoms with Crippen molar-refractivity contribution in [3.63, 3.8) is 0 Å². The van der Waals surface area contributed by atoms with Crippen LogP contribution in [0.15, 0.2) is 0 Å². The first kappa shape index (κ1) is 12.0. The fourth-order valence-corrected chi connectivity index (χ4v) is 1.78. The summed E-state index contributed by atoms with van der Waals surface area (Å²) in [6.07, 6.45) is 2.84. The first-order chi connectivity index (χ1) is 6.78. The van der Waals surface area contributed by atoms with Crippen molar-refractivity contribution < 1.29 is 14.7 Å². The van der Waals surface area contributed by atoms with Crippen molar-refractivity contribution in [3.8, 4) is 0 Å². The summed E-state index contributed by atoms with van der Waals surface area (Å²) in [5.74, 6) is -1.09. The average molecular weight is 213 g/mol. The molecule has 0 spiro atoms. The van der Waals surface area contributed by atoms with Crippen LogP contribution in [0.3, 0.4) is 0 Å². The molecule has 1 aliphatic carbocycles. The Balaban J connectivity index is 2.77. The van der Waals surface area contributed by atoms with Gasteiger partial charge in [0.05, 0.1) is 0 Å². The van der Waals surface area contributed by atoms with Crippen LogP contribution in [-0.2, 0) is 9.59 Å². The third kappa shape index (κ3) is 2.49. The molecule has 0 saturated heterocycles. The van der Waals surface area contributed by atoms with E-state index in [1.165, 1.54) is 0 Å². The van der Waals surface area contributed by atoms with Gasteiger partial charge in [-0.3, -0.25) is 4.79 Å². The highest BCUT2D eigenvalue weighted by Gasteiger charge is 2.44. The summed E-state index contributed by atoms with van der Waals surface area (Å²) in [6, 6.07) is 0. The van der Waals surface area contributed by atoms with Crippen LogP contribution < -0.4 is 5.32 Å². The zero-order valence-electron chi connectivity index (χ0n) is 9.59. The van der Waals surface area contributed by atoms with Crippen molar-refractivity contribution in [2.24, 2.45) is 5.41 Å². The normalized spacial score (nSPS) is 19.9. The highest BCUT2D eigenvalue weighted by molar-refractivity contribution is 5.89. The first-order valence-corrected chi connectivity index (χ1v) is 5.34. The van der Waals surface area contributed by atoms with Crippen LogP contribution in [0.5, 0.6) is 0 Å². The summed E-state index contributed by atoms with van der Waals surface area (Å²) in [5.41, 5.74) is -1.55. The maximum absolute atomic E-state index is 11.8. The minimum absolute atomic E-state index is 0.188. The highest BCUT2D eigenvalue weighted by Crippen LogP contribution is 2.31. The van der Waals surface area contributed by atoms with Gasteiger partial charge < -0.3 is 10.4 Å². The fraction of sp³-hybridized carbons (Fsp3) is 0.818. The van der Waals surface area contributed by atoms with E-state index in [9.17, 15) is 9.59 Å². The van der Waals surface area contributed by atoms with Crippen molar-refractivity contribution >= 4 is 11.9 Å². The van der Waals surface area contributed by atoms with Crippen LogP contribution in [0.25, 0.3) is 0 Å². The zero-order valence-corrected chi connectivity index (χ0v) is 9.59. The Morgan fingerprint density at radius 1 is 1.20 bits per heavy atom. The number of carboxylic acids is 1. The molecule has 15 heavy (non-hydrogen) atoms. The number of rotatable bonds is 2. The van der Waals surface area contributed by atoms with Gasteiger partial charge in [-0.15, -0.1) is 0 Å².